The normalized spacial score (nSPS) is 34.9. The quantitative estimate of drug-likeness (QED) is 0.765. The Kier molecular flexibility index (Phi) is 4.69. The zero-order valence-electron chi connectivity index (χ0n) is 11.0. The summed E-state index contributed by atoms with van der Waals surface area (Å²) in [7, 11) is 0. The second-order valence-corrected chi connectivity index (χ2v) is 6.16. The van der Waals surface area contributed by atoms with Gasteiger partial charge >= 0.3 is 0 Å². The number of rotatable bonds is 3. The fourth-order valence-electron chi connectivity index (χ4n) is 3.89. The molecule has 2 aliphatic rings. The Balaban J connectivity index is 1.78. The molecule has 16 heavy (non-hydrogen) atoms. The van der Waals surface area contributed by atoms with Crippen LogP contribution in [0.2, 0.25) is 0 Å². The molecule has 1 nitrogen and oxygen atoms in total. The highest BCUT2D eigenvalue weighted by Gasteiger charge is 2.30. The first-order chi connectivity index (χ1) is 7.81. The molecule has 2 rings (SSSR count). The zero-order valence-corrected chi connectivity index (χ0v) is 11.0. The lowest BCUT2D eigenvalue weighted by Gasteiger charge is -2.37. The highest BCUT2D eigenvalue weighted by Crippen LogP contribution is 2.37. The lowest BCUT2D eigenvalue weighted by Crippen LogP contribution is -2.40. The van der Waals surface area contributed by atoms with E-state index in [2.05, 4.69) is 6.92 Å². The molecule has 0 aromatic carbocycles. The van der Waals surface area contributed by atoms with E-state index in [9.17, 15) is 0 Å². The first-order valence-corrected chi connectivity index (χ1v) is 7.56. The number of nitrogens with two attached hydrogens (primary N) is 1. The number of hydrogen-bond donors (Lipinski definition) is 1. The Morgan fingerprint density at radius 1 is 0.875 bits per heavy atom. The molecule has 1 atom stereocenters. The van der Waals surface area contributed by atoms with Crippen LogP contribution in [0.3, 0.4) is 0 Å². The minimum Gasteiger partial charge on any atom is -0.327 e. The second kappa shape index (κ2) is 6.05. The molecule has 2 fully saturated rings. The van der Waals surface area contributed by atoms with Crippen LogP contribution in [0.15, 0.2) is 0 Å². The van der Waals surface area contributed by atoms with Gasteiger partial charge in [-0.2, -0.15) is 0 Å². The van der Waals surface area contributed by atoms with Crippen LogP contribution in [0, 0.1) is 17.8 Å². The van der Waals surface area contributed by atoms with Crippen LogP contribution in [0.25, 0.3) is 0 Å². The molecule has 1 heteroatoms. The van der Waals surface area contributed by atoms with Gasteiger partial charge in [0.15, 0.2) is 0 Å². The first-order valence-electron chi connectivity index (χ1n) is 7.56. The summed E-state index contributed by atoms with van der Waals surface area (Å²) in [4.78, 5) is 0. The van der Waals surface area contributed by atoms with Gasteiger partial charge in [-0.3, -0.25) is 0 Å². The van der Waals surface area contributed by atoms with Gasteiger partial charge in [0.25, 0.3) is 0 Å². The van der Waals surface area contributed by atoms with Crippen LogP contribution in [0.5, 0.6) is 0 Å². The molecule has 0 aromatic heterocycles. The Morgan fingerprint density at radius 2 is 1.44 bits per heavy atom. The van der Waals surface area contributed by atoms with E-state index in [1.807, 2.05) is 0 Å². The molecule has 0 amide bonds. The molecule has 94 valence electrons. The Morgan fingerprint density at radius 3 is 2.00 bits per heavy atom. The molecular weight excluding hydrogens is 194 g/mol. The van der Waals surface area contributed by atoms with Crippen molar-refractivity contribution in [1.82, 2.24) is 0 Å². The van der Waals surface area contributed by atoms with Gasteiger partial charge in [-0.25, -0.2) is 0 Å². The van der Waals surface area contributed by atoms with Gasteiger partial charge < -0.3 is 5.73 Å². The van der Waals surface area contributed by atoms with Crippen LogP contribution >= 0.6 is 0 Å². The molecular formula is C15H29N. The van der Waals surface area contributed by atoms with E-state index >= 15 is 0 Å². The van der Waals surface area contributed by atoms with Gasteiger partial charge in [-0.15, -0.1) is 0 Å². The van der Waals surface area contributed by atoms with Crippen LogP contribution in [-0.2, 0) is 0 Å². The Bertz CT molecular complexity index is 188. The largest absolute Gasteiger partial charge is 0.327 e. The van der Waals surface area contributed by atoms with Crippen LogP contribution in [-0.4, -0.2) is 6.04 Å². The van der Waals surface area contributed by atoms with E-state index in [1.165, 1.54) is 64.2 Å². The van der Waals surface area contributed by atoms with Crippen molar-refractivity contribution >= 4 is 0 Å². The van der Waals surface area contributed by atoms with Crippen LogP contribution in [0.4, 0.5) is 0 Å². The molecule has 0 saturated heterocycles. The molecule has 2 saturated carbocycles. The smallest absolute Gasteiger partial charge is 0.00956 e. The fraction of sp³-hybridized carbons (Fsp3) is 1.00. The van der Waals surface area contributed by atoms with E-state index in [0.717, 1.165) is 17.8 Å². The molecule has 0 bridgehead atoms. The SMILES string of the molecule is CCC1CCC(C(N)C2CCCCC2)CC1. The summed E-state index contributed by atoms with van der Waals surface area (Å²) in [6.45, 7) is 2.34. The standard InChI is InChI=1S/C15H29N/c1-2-12-8-10-14(11-9-12)15(16)13-6-4-3-5-7-13/h12-15H,2-11,16H2,1H3. The van der Waals surface area contributed by atoms with Crippen molar-refractivity contribution in [3.8, 4) is 0 Å². The van der Waals surface area contributed by atoms with Crippen LogP contribution < -0.4 is 5.73 Å². The topological polar surface area (TPSA) is 26.0 Å². The van der Waals surface area contributed by atoms with Gasteiger partial charge in [0, 0.05) is 6.04 Å². The maximum Gasteiger partial charge on any atom is 0.00956 e. The average Bonchev–Trinajstić information content (AvgIpc) is 2.39. The van der Waals surface area contributed by atoms with E-state index < -0.39 is 0 Å². The molecule has 0 spiro atoms. The first kappa shape index (κ1) is 12.4. The molecule has 0 aromatic rings. The van der Waals surface area contributed by atoms with Crippen molar-refractivity contribution in [2.75, 3.05) is 0 Å². The summed E-state index contributed by atoms with van der Waals surface area (Å²) in [5, 5.41) is 0. The molecule has 1 unspecified atom stereocenters. The third-order valence-corrected chi connectivity index (χ3v) is 5.21. The van der Waals surface area contributed by atoms with E-state index in [1.54, 1.807) is 0 Å². The van der Waals surface area contributed by atoms with Crippen molar-refractivity contribution in [1.29, 1.82) is 0 Å². The Labute approximate surface area is 101 Å². The van der Waals surface area contributed by atoms with E-state index in [-0.39, 0.29) is 0 Å². The fourth-order valence-corrected chi connectivity index (χ4v) is 3.89. The highest BCUT2D eigenvalue weighted by atomic mass is 14.7. The zero-order chi connectivity index (χ0) is 11.4. The summed E-state index contributed by atoms with van der Waals surface area (Å²) in [5.41, 5.74) is 6.51. The minimum atomic E-state index is 0.526. The summed E-state index contributed by atoms with van der Waals surface area (Å²) < 4.78 is 0. The molecule has 0 radical (unpaired) electrons. The third-order valence-electron chi connectivity index (χ3n) is 5.21. The van der Waals surface area contributed by atoms with Gasteiger partial charge in [0.05, 0.1) is 0 Å². The summed E-state index contributed by atoms with van der Waals surface area (Å²) >= 11 is 0. The van der Waals surface area contributed by atoms with Crippen molar-refractivity contribution in [2.45, 2.75) is 77.2 Å². The minimum absolute atomic E-state index is 0.526. The van der Waals surface area contributed by atoms with E-state index in [0.29, 0.717) is 6.04 Å². The van der Waals surface area contributed by atoms with Crippen molar-refractivity contribution in [3.63, 3.8) is 0 Å². The molecule has 0 aliphatic heterocycles. The summed E-state index contributed by atoms with van der Waals surface area (Å²) in [6, 6.07) is 0.526. The predicted octanol–water partition coefficient (Wildman–Crippen LogP) is 4.11. The second-order valence-electron chi connectivity index (χ2n) is 6.16. The van der Waals surface area contributed by atoms with E-state index in [4.69, 9.17) is 5.73 Å². The predicted molar refractivity (Wildman–Crippen MR) is 70.3 cm³/mol. The average molecular weight is 223 g/mol. The molecule has 2 N–H and O–H groups in total. The van der Waals surface area contributed by atoms with Crippen LogP contribution in [0.1, 0.15) is 71.1 Å². The molecule has 2 aliphatic carbocycles. The maximum atomic E-state index is 6.51. The molecule has 0 heterocycles. The van der Waals surface area contributed by atoms with Crippen molar-refractivity contribution in [3.05, 3.63) is 0 Å². The maximum absolute atomic E-state index is 6.51. The lowest BCUT2D eigenvalue weighted by molar-refractivity contribution is 0.178. The van der Waals surface area contributed by atoms with Gasteiger partial charge in [0.2, 0.25) is 0 Å². The van der Waals surface area contributed by atoms with Gasteiger partial charge in [-0.05, 0) is 43.4 Å². The number of hydrogen-bond acceptors (Lipinski definition) is 1. The Hall–Kier alpha value is -0.0400. The van der Waals surface area contributed by atoms with Gasteiger partial charge in [0.1, 0.15) is 0 Å². The third kappa shape index (κ3) is 3.00. The summed E-state index contributed by atoms with van der Waals surface area (Å²) in [5.74, 6) is 2.72. The summed E-state index contributed by atoms with van der Waals surface area (Å²) in [6.07, 6.45) is 14.2. The van der Waals surface area contributed by atoms with Gasteiger partial charge in [-0.1, -0.05) is 45.4 Å². The van der Waals surface area contributed by atoms with Crippen molar-refractivity contribution in [2.24, 2.45) is 23.5 Å². The lowest BCUT2D eigenvalue weighted by atomic mass is 9.72. The van der Waals surface area contributed by atoms with Crippen molar-refractivity contribution < 1.29 is 0 Å². The monoisotopic (exact) mass is 223 g/mol. The highest BCUT2D eigenvalue weighted by molar-refractivity contribution is 4.85.